The van der Waals surface area contributed by atoms with Gasteiger partial charge in [0.25, 0.3) is 0 Å². The van der Waals surface area contributed by atoms with E-state index in [1.165, 1.54) is 12.1 Å². The van der Waals surface area contributed by atoms with Gasteiger partial charge in [-0.15, -0.1) is 13.2 Å². The van der Waals surface area contributed by atoms with Crippen molar-refractivity contribution >= 4 is 5.96 Å². The van der Waals surface area contributed by atoms with Crippen LogP contribution in [0.1, 0.15) is 29.4 Å². The largest absolute Gasteiger partial charge is 0.573 e. The minimum absolute atomic E-state index is 0.0344. The Morgan fingerprint density at radius 3 is 2.60 bits per heavy atom. The molecule has 0 aliphatic heterocycles. The van der Waals surface area contributed by atoms with Crippen LogP contribution < -0.4 is 15.4 Å². The second-order valence-corrected chi connectivity index (χ2v) is 6.57. The van der Waals surface area contributed by atoms with Gasteiger partial charge in [-0.1, -0.05) is 18.2 Å². The number of aliphatic imine (C=N–C) groups is 1. The van der Waals surface area contributed by atoms with Crippen LogP contribution >= 0.6 is 0 Å². The van der Waals surface area contributed by atoms with Crippen LogP contribution in [0.15, 0.2) is 29.3 Å². The van der Waals surface area contributed by atoms with Crippen molar-refractivity contribution in [3.63, 3.8) is 0 Å². The van der Waals surface area contributed by atoms with Gasteiger partial charge < -0.3 is 20.1 Å². The monoisotopic (exact) mass is 427 g/mol. The molecular formula is C20H28F3N5O2. The summed E-state index contributed by atoms with van der Waals surface area (Å²) in [6.45, 7) is 8.19. The van der Waals surface area contributed by atoms with Gasteiger partial charge in [0.1, 0.15) is 5.75 Å². The molecule has 0 unspecified atom stereocenters. The molecule has 1 aromatic carbocycles. The third-order valence-electron chi connectivity index (χ3n) is 4.42. The predicted octanol–water partition coefficient (Wildman–Crippen LogP) is 3.30. The average Bonchev–Trinajstić information content (AvgIpc) is 2.95. The highest BCUT2D eigenvalue weighted by Crippen LogP contribution is 2.26. The molecule has 0 fully saturated rings. The minimum atomic E-state index is -4.75. The number of ether oxygens (including phenoxy) is 2. The third kappa shape index (κ3) is 6.94. The first-order valence-electron chi connectivity index (χ1n) is 9.62. The van der Waals surface area contributed by atoms with Gasteiger partial charge >= 0.3 is 6.36 Å². The Balaban J connectivity index is 2.10. The van der Waals surface area contributed by atoms with E-state index in [0.717, 1.165) is 17.0 Å². The van der Waals surface area contributed by atoms with Crippen LogP contribution in [-0.2, 0) is 24.4 Å². The van der Waals surface area contributed by atoms with Crippen molar-refractivity contribution in [1.82, 2.24) is 20.4 Å². The molecule has 30 heavy (non-hydrogen) atoms. The molecule has 0 spiro atoms. The van der Waals surface area contributed by atoms with Gasteiger partial charge in [-0.2, -0.15) is 5.10 Å². The Hall–Kier alpha value is -2.75. The lowest BCUT2D eigenvalue weighted by Crippen LogP contribution is -2.37. The number of hydrogen-bond acceptors (Lipinski definition) is 4. The zero-order chi connectivity index (χ0) is 22.1. The number of aromatic nitrogens is 2. The molecule has 0 aliphatic carbocycles. The fourth-order valence-corrected chi connectivity index (χ4v) is 2.92. The smallest absolute Gasteiger partial charge is 0.405 e. The summed E-state index contributed by atoms with van der Waals surface area (Å²) < 4.78 is 48.9. The Bertz CT molecular complexity index is 849. The fourth-order valence-electron chi connectivity index (χ4n) is 2.92. The zero-order valence-electron chi connectivity index (χ0n) is 17.6. The van der Waals surface area contributed by atoms with Crippen LogP contribution in [0.3, 0.4) is 0 Å². The molecule has 0 saturated heterocycles. The first-order valence-corrected chi connectivity index (χ1v) is 9.62. The summed E-state index contributed by atoms with van der Waals surface area (Å²) >= 11 is 0. The Morgan fingerprint density at radius 1 is 1.20 bits per heavy atom. The van der Waals surface area contributed by atoms with Crippen molar-refractivity contribution in [2.75, 3.05) is 20.3 Å². The third-order valence-corrected chi connectivity index (χ3v) is 4.42. The number of aryl methyl sites for hydroxylation is 1. The molecule has 2 aromatic rings. The second kappa shape index (κ2) is 10.9. The molecule has 7 nitrogen and oxygen atoms in total. The summed E-state index contributed by atoms with van der Waals surface area (Å²) in [4.78, 5) is 4.41. The molecule has 2 rings (SSSR count). The molecule has 0 atom stereocenters. The number of para-hydroxylation sites is 1. The molecule has 0 amide bonds. The molecule has 1 aromatic heterocycles. The molecule has 0 saturated carbocycles. The van der Waals surface area contributed by atoms with Gasteiger partial charge in [-0.25, -0.2) is 4.99 Å². The number of nitrogens with zero attached hydrogens (tertiary/aromatic N) is 3. The number of methoxy groups -OCH3 is 1. The topological polar surface area (TPSA) is 72.7 Å². The van der Waals surface area contributed by atoms with Crippen molar-refractivity contribution in [2.45, 2.75) is 46.8 Å². The summed E-state index contributed by atoms with van der Waals surface area (Å²) in [5.41, 5.74) is 3.30. The lowest BCUT2D eigenvalue weighted by atomic mass is 10.2. The van der Waals surface area contributed by atoms with E-state index < -0.39 is 6.36 Å². The summed E-state index contributed by atoms with van der Waals surface area (Å²) in [5, 5.41) is 10.8. The summed E-state index contributed by atoms with van der Waals surface area (Å²) in [7, 11) is 1.64. The predicted molar refractivity (Wildman–Crippen MR) is 108 cm³/mol. The number of benzene rings is 1. The van der Waals surface area contributed by atoms with Gasteiger partial charge in [0.15, 0.2) is 5.96 Å². The Morgan fingerprint density at radius 2 is 1.93 bits per heavy atom. The van der Waals surface area contributed by atoms with E-state index in [9.17, 15) is 13.2 Å². The van der Waals surface area contributed by atoms with Gasteiger partial charge in [0.05, 0.1) is 25.4 Å². The molecular weight excluding hydrogens is 399 g/mol. The van der Waals surface area contributed by atoms with Gasteiger partial charge in [0, 0.05) is 37.0 Å². The highest BCUT2D eigenvalue weighted by atomic mass is 19.4. The number of hydrogen-bond donors (Lipinski definition) is 2. The highest BCUT2D eigenvalue weighted by Gasteiger charge is 2.31. The lowest BCUT2D eigenvalue weighted by molar-refractivity contribution is -0.274. The molecule has 2 N–H and O–H groups in total. The summed E-state index contributed by atoms with van der Waals surface area (Å²) in [5.74, 6) is 0.235. The molecule has 0 aliphatic rings. The first kappa shape index (κ1) is 23.5. The molecule has 1 heterocycles. The minimum Gasteiger partial charge on any atom is -0.405 e. The van der Waals surface area contributed by atoms with Gasteiger partial charge in [-0.05, 0) is 26.8 Å². The van der Waals surface area contributed by atoms with E-state index in [0.29, 0.717) is 37.8 Å². The van der Waals surface area contributed by atoms with E-state index in [-0.39, 0.29) is 12.3 Å². The lowest BCUT2D eigenvalue weighted by Gasteiger charge is -2.14. The fraction of sp³-hybridized carbons (Fsp3) is 0.500. The van der Waals surface area contributed by atoms with Crippen LogP contribution in [-0.4, -0.2) is 42.4 Å². The molecule has 0 radical (unpaired) electrons. The quantitative estimate of drug-likeness (QED) is 0.475. The summed E-state index contributed by atoms with van der Waals surface area (Å²) in [6.07, 6.45) is -4.75. The maximum Gasteiger partial charge on any atom is 0.573 e. The van der Waals surface area contributed by atoms with E-state index in [1.54, 1.807) is 19.2 Å². The number of guanidine groups is 1. The highest BCUT2D eigenvalue weighted by molar-refractivity contribution is 5.79. The number of alkyl halides is 3. The van der Waals surface area contributed by atoms with Crippen molar-refractivity contribution in [3.05, 3.63) is 46.8 Å². The Kier molecular flexibility index (Phi) is 8.52. The van der Waals surface area contributed by atoms with E-state index >= 15 is 0 Å². The molecule has 166 valence electrons. The van der Waals surface area contributed by atoms with Crippen LogP contribution in [0.5, 0.6) is 5.75 Å². The normalized spacial score (nSPS) is 12.2. The van der Waals surface area contributed by atoms with Crippen LogP contribution in [0.25, 0.3) is 0 Å². The van der Waals surface area contributed by atoms with Crippen molar-refractivity contribution in [1.29, 1.82) is 0 Å². The zero-order valence-corrected chi connectivity index (χ0v) is 17.6. The average molecular weight is 427 g/mol. The van der Waals surface area contributed by atoms with E-state index in [2.05, 4.69) is 25.5 Å². The van der Waals surface area contributed by atoms with E-state index in [4.69, 9.17) is 4.74 Å². The number of nitrogens with one attached hydrogen (secondary N) is 2. The first-order chi connectivity index (χ1) is 14.2. The van der Waals surface area contributed by atoms with Crippen molar-refractivity contribution < 1.29 is 22.6 Å². The van der Waals surface area contributed by atoms with Crippen LogP contribution in [0.2, 0.25) is 0 Å². The summed E-state index contributed by atoms with van der Waals surface area (Å²) in [6, 6.07) is 5.97. The number of rotatable bonds is 9. The SMILES string of the molecule is CCNC(=NCc1ccccc1OC(F)(F)F)NCc1c(C)nn(CCOC)c1C. The van der Waals surface area contributed by atoms with Crippen molar-refractivity contribution in [3.8, 4) is 5.75 Å². The Labute approximate surface area is 174 Å². The maximum absolute atomic E-state index is 12.6. The number of halogens is 3. The molecule has 0 bridgehead atoms. The van der Waals surface area contributed by atoms with E-state index in [1.807, 2.05) is 25.5 Å². The van der Waals surface area contributed by atoms with Crippen LogP contribution in [0, 0.1) is 13.8 Å². The molecule has 10 heteroatoms. The standard InChI is InChI=1S/C20H28F3N5O2/c1-5-24-19(25-12-16-8-6-7-9-18(16)30-20(21,22)23)26-13-17-14(2)27-28(15(17)3)10-11-29-4/h6-9H,5,10-13H2,1-4H3,(H2,24,25,26). The second-order valence-electron chi connectivity index (χ2n) is 6.57. The van der Waals surface area contributed by atoms with Gasteiger partial charge in [0.2, 0.25) is 0 Å². The maximum atomic E-state index is 12.6. The van der Waals surface area contributed by atoms with Gasteiger partial charge in [-0.3, -0.25) is 4.68 Å². The van der Waals surface area contributed by atoms with Crippen molar-refractivity contribution in [2.24, 2.45) is 4.99 Å². The van der Waals surface area contributed by atoms with Crippen LogP contribution in [0.4, 0.5) is 13.2 Å².